The van der Waals surface area contributed by atoms with Crippen molar-refractivity contribution in [1.29, 1.82) is 0 Å². The Balaban J connectivity index is 1.32. The largest absolute Gasteiger partial charge is 0.338 e. The molecule has 34 heavy (non-hydrogen) atoms. The number of piperazine rings is 1. The van der Waals surface area contributed by atoms with Gasteiger partial charge in [-0.1, -0.05) is 29.8 Å². The first-order valence-corrected chi connectivity index (χ1v) is 12.9. The fourth-order valence-electron chi connectivity index (χ4n) is 4.43. The number of imide groups is 2. The van der Waals surface area contributed by atoms with Crippen LogP contribution >= 0.6 is 0 Å². The molecule has 2 heterocycles. The Labute approximate surface area is 198 Å². The van der Waals surface area contributed by atoms with Crippen LogP contribution in [-0.4, -0.2) is 90.4 Å². The molecule has 2 saturated heterocycles. The van der Waals surface area contributed by atoms with E-state index < -0.39 is 40.3 Å². The number of urea groups is 1. The van der Waals surface area contributed by atoms with Crippen molar-refractivity contribution >= 4 is 33.8 Å². The van der Waals surface area contributed by atoms with E-state index in [4.69, 9.17) is 0 Å². The van der Waals surface area contributed by atoms with Crippen molar-refractivity contribution in [3.05, 3.63) is 42.0 Å². The Kier molecular flexibility index (Phi) is 7.13. The molecule has 1 aromatic carbocycles. The molecule has 3 aliphatic rings. The van der Waals surface area contributed by atoms with Crippen molar-refractivity contribution in [2.24, 2.45) is 0 Å². The zero-order chi connectivity index (χ0) is 24.3. The van der Waals surface area contributed by atoms with Gasteiger partial charge in [0.1, 0.15) is 6.54 Å². The Morgan fingerprint density at radius 1 is 0.882 bits per heavy atom. The molecule has 4 rings (SSSR count). The second-order valence-electron chi connectivity index (χ2n) is 8.59. The van der Waals surface area contributed by atoms with Crippen molar-refractivity contribution in [2.75, 3.05) is 39.3 Å². The molecule has 1 aromatic rings. The summed E-state index contributed by atoms with van der Waals surface area (Å²) in [7, 11) is -3.66. The van der Waals surface area contributed by atoms with Crippen molar-refractivity contribution in [2.45, 2.75) is 37.0 Å². The highest BCUT2D eigenvalue weighted by Crippen LogP contribution is 2.22. The van der Waals surface area contributed by atoms with Crippen LogP contribution in [0, 0.1) is 0 Å². The van der Waals surface area contributed by atoms with Gasteiger partial charge in [-0.15, -0.1) is 0 Å². The van der Waals surface area contributed by atoms with Gasteiger partial charge in [-0.2, -0.15) is 4.31 Å². The number of carbonyl (C=O) groups excluding carboxylic acids is 4. The lowest BCUT2D eigenvalue weighted by Crippen LogP contribution is -2.53. The Morgan fingerprint density at radius 3 is 2.21 bits per heavy atom. The van der Waals surface area contributed by atoms with Gasteiger partial charge in [0.15, 0.2) is 0 Å². The maximum atomic E-state index is 12.8. The summed E-state index contributed by atoms with van der Waals surface area (Å²) in [5, 5.41) is 0. The summed E-state index contributed by atoms with van der Waals surface area (Å²) in [6.45, 7) is 0.0555. The molecule has 0 aromatic heterocycles. The maximum Gasteiger partial charge on any atom is 0.334 e. The molecule has 10 nitrogen and oxygen atoms in total. The highest BCUT2D eigenvalue weighted by Gasteiger charge is 2.45. The molecule has 0 bridgehead atoms. The summed E-state index contributed by atoms with van der Waals surface area (Å²) in [5.74, 6) is -2.41. The molecule has 0 saturated carbocycles. The van der Waals surface area contributed by atoms with Crippen LogP contribution in [0.15, 0.2) is 46.9 Å². The van der Waals surface area contributed by atoms with E-state index in [9.17, 15) is 27.6 Å². The van der Waals surface area contributed by atoms with Crippen molar-refractivity contribution in [1.82, 2.24) is 19.0 Å². The summed E-state index contributed by atoms with van der Waals surface area (Å²) in [4.78, 5) is 53.4. The van der Waals surface area contributed by atoms with Gasteiger partial charge in [0.05, 0.1) is 4.90 Å². The molecular formula is C23H28N4O6S. The summed E-state index contributed by atoms with van der Waals surface area (Å²) in [6.07, 6.45) is 6.77. The minimum Gasteiger partial charge on any atom is -0.338 e. The number of hydrogen-bond acceptors (Lipinski definition) is 6. The topological polar surface area (TPSA) is 115 Å². The zero-order valence-corrected chi connectivity index (χ0v) is 19.7. The van der Waals surface area contributed by atoms with Crippen LogP contribution in [0.1, 0.15) is 32.1 Å². The first-order valence-electron chi connectivity index (χ1n) is 11.5. The molecule has 2 aliphatic heterocycles. The fourth-order valence-corrected chi connectivity index (χ4v) is 5.87. The maximum absolute atomic E-state index is 12.8. The molecule has 11 heteroatoms. The minimum atomic E-state index is -3.66. The third-order valence-electron chi connectivity index (χ3n) is 6.44. The number of rotatable bonds is 7. The van der Waals surface area contributed by atoms with Crippen LogP contribution in [0.5, 0.6) is 0 Å². The number of carbonyl (C=O) groups is 4. The second-order valence-corrected chi connectivity index (χ2v) is 10.5. The Hall–Kier alpha value is -3.05. The lowest BCUT2D eigenvalue weighted by atomic mass is 9.97. The predicted molar refractivity (Wildman–Crippen MR) is 122 cm³/mol. The summed E-state index contributed by atoms with van der Waals surface area (Å²) in [6, 6.07) is 7.29. The Morgan fingerprint density at radius 2 is 1.56 bits per heavy atom. The van der Waals surface area contributed by atoms with Crippen molar-refractivity contribution < 1.29 is 27.6 Å². The molecule has 2 fully saturated rings. The fraction of sp³-hybridized carbons (Fsp3) is 0.478. The molecule has 0 unspecified atom stereocenters. The highest BCUT2D eigenvalue weighted by molar-refractivity contribution is 7.89. The smallest absolute Gasteiger partial charge is 0.334 e. The first-order chi connectivity index (χ1) is 16.3. The van der Waals surface area contributed by atoms with Crippen LogP contribution in [-0.2, 0) is 24.4 Å². The first kappa shape index (κ1) is 24.1. The summed E-state index contributed by atoms with van der Waals surface area (Å²) < 4.78 is 26.8. The van der Waals surface area contributed by atoms with Crippen LogP contribution in [0.2, 0.25) is 0 Å². The number of amides is 5. The lowest BCUT2D eigenvalue weighted by molar-refractivity contribution is -0.145. The number of nitrogens with zero attached hydrogens (tertiary/aromatic N) is 4. The van der Waals surface area contributed by atoms with Crippen LogP contribution in [0.3, 0.4) is 0 Å². The van der Waals surface area contributed by atoms with Gasteiger partial charge in [0.25, 0.3) is 0 Å². The van der Waals surface area contributed by atoms with Gasteiger partial charge in [-0.25, -0.2) is 18.1 Å². The van der Waals surface area contributed by atoms with Gasteiger partial charge in [0.2, 0.25) is 15.9 Å². The van der Waals surface area contributed by atoms with Crippen molar-refractivity contribution in [3.8, 4) is 0 Å². The molecule has 0 atom stereocenters. The summed E-state index contributed by atoms with van der Waals surface area (Å²) >= 11 is 0. The second kappa shape index (κ2) is 10.1. The lowest BCUT2D eigenvalue weighted by Gasteiger charge is -2.34. The molecular weight excluding hydrogens is 460 g/mol. The molecule has 1 aliphatic carbocycles. The van der Waals surface area contributed by atoms with E-state index in [-0.39, 0.29) is 37.6 Å². The van der Waals surface area contributed by atoms with E-state index in [0.717, 1.165) is 30.6 Å². The molecule has 0 radical (unpaired) electrons. The third kappa shape index (κ3) is 4.90. The monoisotopic (exact) mass is 488 g/mol. The number of allylic oxidation sites excluding steroid dienone is 1. The quantitative estimate of drug-likeness (QED) is 0.324. The zero-order valence-electron chi connectivity index (χ0n) is 18.9. The average molecular weight is 489 g/mol. The van der Waals surface area contributed by atoms with E-state index in [1.165, 1.54) is 26.9 Å². The van der Waals surface area contributed by atoms with E-state index in [1.54, 1.807) is 18.2 Å². The van der Waals surface area contributed by atoms with Gasteiger partial charge in [0, 0.05) is 32.7 Å². The van der Waals surface area contributed by atoms with Gasteiger partial charge < -0.3 is 4.90 Å². The highest BCUT2D eigenvalue weighted by atomic mass is 32.2. The normalized spacial score (nSPS) is 20.2. The summed E-state index contributed by atoms with van der Waals surface area (Å²) in [5.41, 5.74) is 1.18. The van der Waals surface area contributed by atoms with E-state index in [0.29, 0.717) is 11.3 Å². The predicted octanol–water partition coefficient (Wildman–Crippen LogP) is 1.20. The van der Waals surface area contributed by atoms with E-state index in [1.807, 2.05) is 0 Å². The molecule has 5 amide bonds. The van der Waals surface area contributed by atoms with Gasteiger partial charge in [-0.05, 0) is 44.2 Å². The molecule has 182 valence electrons. The van der Waals surface area contributed by atoms with Gasteiger partial charge >= 0.3 is 17.8 Å². The number of hydrogen-bond donors (Lipinski definition) is 0. The number of sulfonamides is 1. The number of benzene rings is 1. The van der Waals surface area contributed by atoms with Crippen LogP contribution < -0.4 is 0 Å². The minimum absolute atomic E-state index is 0.102. The van der Waals surface area contributed by atoms with Crippen LogP contribution in [0.25, 0.3) is 0 Å². The van der Waals surface area contributed by atoms with Crippen LogP contribution in [0.4, 0.5) is 4.79 Å². The molecule has 0 spiro atoms. The standard InChI is InChI=1S/C23H28N4O6S/c28-20(24-13-15-25(16-14-24)34(32,33)19-9-5-2-6-10-19)17-27-22(30)21(29)26(23(27)31)12-11-18-7-3-1-4-8-18/h2,5-7,9-10H,1,3-4,8,11-17H2. The van der Waals surface area contributed by atoms with Gasteiger partial charge in [-0.3, -0.25) is 19.3 Å². The third-order valence-corrected chi connectivity index (χ3v) is 8.36. The van der Waals surface area contributed by atoms with Crippen molar-refractivity contribution in [3.63, 3.8) is 0 Å². The average Bonchev–Trinajstić information content (AvgIpc) is 3.06. The van der Waals surface area contributed by atoms with E-state index in [2.05, 4.69) is 6.08 Å². The molecule has 0 N–H and O–H groups in total. The van der Waals surface area contributed by atoms with E-state index >= 15 is 0 Å². The Bertz CT molecular complexity index is 1110. The SMILES string of the molecule is O=C(CN1C(=O)C(=O)N(CCC2=CCCCC2)C1=O)N1CCN(S(=O)(=O)c2ccccc2)CC1.